The molecule has 1 aromatic rings. The van der Waals surface area contributed by atoms with Gasteiger partial charge in [-0.25, -0.2) is 0 Å². The Labute approximate surface area is 99.6 Å². The van der Waals surface area contributed by atoms with Crippen LogP contribution in [0.15, 0.2) is 4.52 Å². The minimum Gasteiger partial charge on any atom is -0.339 e. The van der Waals surface area contributed by atoms with Gasteiger partial charge >= 0.3 is 0 Å². The summed E-state index contributed by atoms with van der Waals surface area (Å²) in [5.74, 6) is 4.69. The number of nitrogens with zero attached hydrogens (tertiary/aromatic N) is 2. The van der Waals surface area contributed by atoms with Crippen molar-refractivity contribution in [2.24, 2.45) is 0 Å². The van der Waals surface area contributed by atoms with E-state index in [1.54, 1.807) is 0 Å². The minimum absolute atomic E-state index is 0.329. The molecule has 1 aromatic heterocycles. The van der Waals surface area contributed by atoms with E-state index in [9.17, 15) is 0 Å². The lowest BCUT2D eigenvalue weighted by atomic mass is 10.0. The number of aromatic nitrogens is 2. The highest BCUT2D eigenvalue weighted by Crippen LogP contribution is 2.31. The van der Waals surface area contributed by atoms with Crippen LogP contribution in [0.4, 0.5) is 0 Å². The Balaban J connectivity index is 1.71. The van der Waals surface area contributed by atoms with Gasteiger partial charge in [-0.1, -0.05) is 5.16 Å². The molecule has 4 nitrogen and oxygen atoms in total. The summed E-state index contributed by atoms with van der Waals surface area (Å²) in [5, 5.41) is 7.52. The second kappa shape index (κ2) is 4.75. The van der Waals surface area contributed by atoms with Crippen LogP contribution in [0.5, 0.6) is 0 Å². The van der Waals surface area contributed by atoms with Gasteiger partial charge in [-0.2, -0.15) is 16.7 Å². The summed E-state index contributed by atoms with van der Waals surface area (Å²) in [7, 11) is 0. The Morgan fingerprint density at radius 1 is 1.25 bits per heavy atom. The first kappa shape index (κ1) is 10.6. The minimum atomic E-state index is 0.329. The summed E-state index contributed by atoms with van der Waals surface area (Å²) in [6, 6.07) is 0.329. The molecule has 1 atom stereocenters. The summed E-state index contributed by atoms with van der Waals surface area (Å²) in [5.41, 5.74) is 0. The maximum atomic E-state index is 5.41. The molecule has 3 rings (SSSR count). The van der Waals surface area contributed by atoms with Crippen molar-refractivity contribution in [2.45, 2.75) is 37.6 Å². The Morgan fingerprint density at radius 3 is 2.88 bits per heavy atom. The molecule has 0 spiro atoms. The molecule has 3 heterocycles. The van der Waals surface area contributed by atoms with Crippen molar-refractivity contribution in [1.82, 2.24) is 15.5 Å². The van der Waals surface area contributed by atoms with E-state index in [-0.39, 0.29) is 0 Å². The van der Waals surface area contributed by atoms with E-state index < -0.39 is 0 Å². The quantitative estimate of drug-likeness (QED) is 0.856. The van der Waals surface area contributed by atoms with E-state index >= 15 is 0 Å². The van der Waals surface area contributed by atoms with E-state index in [1.807, 2.05) is 11.8 Å². The Kier molecular flexibility index (Phi) is 3.15. The van der Waals surface area contributed by atoms with Crippen molar-refractivity contribution < 1.29 is 4.52 Å². The molecule has 2 aliphatic rings. The molecule has 1 N–H and O–H groups in total. The zero-order chi connectivity index (χ0) is 10.8. The van der Waals surface area contributed by atoms with Crippen LogP contribution in [0.25, 0.3) is 0 Å². The van der Waals surface area contributed by atoms with Crippen LogP contribution in [-0.4, -0.2) is 28.2 Å². The summed E-state index contributed by atoms with van der Waals surface area (Å²) in [6.07, 6.45) is 4.73. The van der Waals surface area contributed by atoms with Crippen molar-refractivity contribution in [1.29, 1.82) is 0 Å². The molecule has 2 fully saturated rings. The van der Waals surface area contributed by atoms with E-state index in [0.717, 1.165) is 24.7 Å². The first-order chi connectivity index (χ1) is 7.93. The molecule has 0 aliphatic carbocycles. The standard InChI is InChI=1S/C11H17N3OS/c1-2-9(12-5-1)10-13-11(15-14-10)8-3-6-16-7-4-8/h8-9,12H,1-7H2. The fraction of sp³-hybridized carbons (Fsp3) is 0.818. The van der Waals surface area contributed by atoms with E-state index in [2.05, 4.69) is 15.5 Å². The van der Waals surface area contributed by atoms with Crippen LogP contribution in [-0.2, 0) is 0 Å². The molecular weight excluding hydrogens is 222 g/mol. The molecule has 88 valence electrons. The van der Waals surface area contributed by atoms with Gasteiger partial charge in [-0.15, -0.1) is 0 Å². The number of hydrogen-bond acceptors (Lipinski definition) is 5. The van der Waals surface area contributed by atoms with Gasteiger partial charge in [-0.05, 0) is 43.7 Å². The average Bonchev–Trinajstić information content (AvgIpc) is 3.01. The van der Waals surface area contributed by atoms with Gasteiger partial charge in [0.25, 0.3) is 0 Å². The highest BCUT2D eigenvalue weighted by Gasteiger charge is 2.25. The van der Waals surface area contributed by atoms with Gasteiger partial charge in [0.15, 0.2) is 5.82 Å². The third-order valence-corrected chi connectivity index (χ3v) is 4.45. The summed E-state index contributed by atoms with van der Waals surface area (Å²) in [6.45, 7) is 1.08. The van der Waals surface area contributed by atoms with Gasteiger partial charge in [0.1, 0.15) is 0 Å². The summed E-state index contributed by atoms with van der Waals surface area (Å²) in [4.78, 5) is 4.57. The first-order valence-corrected chi connectivity index (χ1v) is 7.23. The first-order valence-electron chi connectivity index (χ1n) is 6.08. The smallest absolute Gasteiger partial charge is 0.229 e. The fourth-order valence-electron chi connectivity index (χ4n) is 2.40. The summed E-state index contributed by atoms with van der Waals surface area (Å²) >= 11 is 2.02. The normalized spacial score (nSPS) is 27.4. The lowest BCUT2D eigenvalue weighted by Gasteiger charge is -2.16. The van der Waals surface area contributed by atoms with Crippen molar-refractivity contribution >= 4 is 11.8 Å². The number of rotatable bonds is 2. The molecule has 5 heteroatoms. The van der Waals surface area contributed by atoms with Crippen molar-refractivity contribution in [3.05, 3.63) is 11.7 Å². The molecule has 2 saturated heterocycles. The lowest BCUT2D eigenvalue weighted by molar-refractivity contribution is 0.339. The maximum Gasteiger partial charge on any atom is 0.229 e. The second-order valence-corrected chi connectivity index (χ2v) is 5.75. The molecular formula is C11H17N3OS. The Hall–Kier alpha value is -0.550. The summed E-state index contributed by atoms with van der Waals surface area (Å²) < 4.78 is 5.41. The highest BCUT2D eigenvalue weighted by atomic mass is 32.2. The van der Waals surface area contributed by atoms with E-state index in [1.165, 1.54) is 30.8 Å². The van der Waals surface area contributed by atoms with Crippen LogP contribution < -0.4 is 5.32 Å². The van der Waals surface area contributed by atoms with Crippen LogP contribution in [0.3, 0.4) is 0 Å². The van der Waals surface area contributed by atoms with Gasteiger partial charge in [-0.3, -0.25) is 0 Å². The zero-order valence-corrected chi connectivity index (χ0v) is 10.1. The zero-order valence-electron chi connectivity index (χ0n) is 9.32. The fourth-order valence-corrected chi connectivity index (χ4v) is 3.51. The SMILES string of the molecule is C1CNC(c2noc(C3CCSCC3)n2)C1. The average molecular weight is 239 g/mol. The Morgan fingerprint density at radius 2 is 2.12 bits per heavy atom. The Bertz CT molecular complexity index is 343. The third kappa shape index (κ3) is 2.11. The molecule has 0 radical (unpaired) electrons. The predicted molar refractivity (Wildman–Crippen MR) is 63.6 cm³/mol. The van der Waals surface area contributed by atoms with Crippen LogP contribution in [0.1, 0.15) is 49.4 Å². The van der Waals surface area contributed by atoms with Gasteiger partial charge in [0, 0.05) is 5.92 Å². The van der Waals surface area contributed by atoms with Crippen LogP contribution >= 0.6 is 11.8 Å². The van der Waals surface area contributed by atoms with Crippen LogP contribution in [0.2, 0.25) is 0 Å². The number of thioether (sulfide) groups is 1. The topological polar surface area (TPSA) is 51.0 Å². The molecule has 16 heavy (non-hydrogen) atoms. The van der Waals surface area contributed by atoms with E-state index in [4.69, 9.17) is 4.52 Å². The van der Waals surface area contributed by atoms with Gasteiger partial charge in [0.2, 0.25) is 5.89 Å². The maximum absolute atomic E-state index is 5.41. The lowest BCUT2D eigenvalue weighted by Crippen LogP contribution is -2.14. The van der Waals surface area contributed by atoms with Crippen molar-refractivity contribution in [3.63, 3.8) is 0 Å². The largest absolute Gasteiger partial charge is 0.339 e. The molecule has 0 aromatic carbocycles. The van der Waals surface area contributed by atoms with Crippen molar-refractivity contribution in [3.8, 4) is 0 Å². The van der Waals surface area contributed by atoms with Crippen molar-refractivity contribution in [2.75, 3.05) is 18.1 Å². The number of hydrogen-bond donors (Lipinski definition) is 1. The molecule has 0 bridgehead atoms. The van der Waals surface area contributed by atoms with Crippen LogP contribution in [0, 0.1) is 0 Å². The third-order valence-electron chi connectivity index (χ3n) is 3.40. The van der Waals surface area contributed by atoms with E-state index in [0.29, 0.717) is 12.0 Å². The van der Waals surface area contributed by atoms with Gasteiger partial charge in [0.05, 0.1) is 6.04 Å². The molecule has 1 unspecified atom stereocenters. The highest BCUT2D eigenvalue weighted by molar-refractivity contribution is 7.99. The number of nitrogens with one attached hydrogen (secondary N) is 1. The predicted octanol–water partition coefficient (Wildman–Crippen LogP) is 2.10. The van der Waals surface area contributed by atoms with Gasteiger partial charge < -0.3 is 9.84 Å². The molecule has 0 saturated carbocycles. The second-order valence-electron chi connectivity index (χ2n) is 4.53. The molecule has 0 amide bonds. The monoisotopic (exact) mass is 239 g/mol. The molecule has 2 aliphatic heterocycles.